The van der Waals surface area contributed by atoms with Crippen molar-refractivity contribution in [2.45, 2.75) is 12.3 Å². The lowest BCUT2D eigenvalue weighted by atomic mass is 9.85. The first-order chi connectivity index (χ1) is 11.5. The topological polar surface area (TPSA) is 70.0 Å². The molecule has 25 heavy (non-hydrogen) atoms. The highest BCUT2D eigenvalue weighted by molar-refractivity contribution is 5.95. The molecule has 0 aromatic heterocycles. The summed E-state index contributed by atoms with van der Waals surface area (Å²) in [7, 11) is 3.30. The van der Waals surface area contributed by atoms with Crippen LogP contribution in [0.3, 0.4) is 0 Å². The van der Waals surface area contributed by atoms with E-state index in [1.807, 2.05) is 37.4 Å². The number of rotatable bonds is 2. The smallest absolute Gasteiger partial charge is 0.342 e. The summed E-state index contributed by atoms with van der Waals surface area (Å²) in [6.45, 7) is 1.52. The number of phenols is 2. The predicted molar refractivity (Wildman–Crippen MR) is 97.8 cm³/mol. The molecule has 0 saturated carbocycles. The van der Waals surface area contributed by atoms with Crippen molar-refractivity contribution in [2.24, 2.45) is 0 Å². The minimum Gasteiger partial charge on any atom is -0.504 e. The van der Waals surface area contributed by atoms with Gasteiger partial charge in [0.2, 0.25) is 0 Å². The Morgan fingerprint density at radius 3 is 2.56 bits per heavy atom. The van der Waals surface area contributed by atoms with Gasteiger partial charge in [0.05, 0.1) is 7.11 Å². The fourth-order valence-electron chi connectivity index (χ4n) is 3.39. The number of nitrogens with zero attached hydrogens (tertiary/aromatic N) is 1. The van der Waals surface area contributed by atoms with Crippen molar-refractivity contribution in [1.82, 2.24) is 4.90 Å². The van der Waals surface area contributed by atoms with Gasteiger partial charge in [0.15, 0.2) is 11.5 Å². The summed E-state index contributed by atoms with van der Waals surface area (Å²) in [5.74, 6) is -1.32. The van der Waals surface area contributed by atoms with Crippen LogP contribution in [0.1, 0.15) is 33.0 Å². The van der Waals surface area contributed by atoms with Crippen LogP contribution in [0.5, 0.6) is 11.5 Å². The summed E-state index contributed by atoms with van der Waals surface area (Å²) in [5.41, 5.74) is 2.79. The van der Waals surface area contributed by atoms with Crippen molar-refractivity contribution in [1.29, 1.82) is 0 Å². The average molecular weight is 364 g/mol. The SMILES string of the molecule is COC(=O)c1c(O)c(O)cc2c1CCN(C)CC2c1ccccc1.Cl. The third kappa shape index (κ3) is 3.57. The summed E-state index contributed by atoms with van der Waals surface area (Å²) in [5, 5.41) is 20.4. The highest BCUT2D eigenvalue weighted by Gasteiger charge is 2.30. The number of phenolic OH excluding ortho intramolecular Hbond substituents is 2. The van der Waals surface area contributed by atoms with Gasteiger partial charge in [-0.3, -0.25) is 0 Å². The van der Waals surface area contributed by atoms with Crippen LogP contribution in [0.25, 0.3) is 0 Å². The molecule has 5 nitrogen and oxygen atoms in total. The van der Waals surface area contributed by atoms with Gasteiger partial charge >= 0.3 is 5.97 Å². The Hall–Kier alpha value is -2.24. The van der Waals surface area contributed by atoms with Gasteiger partial charge in [0.25, 0.3) is 0 Å². The lowest BCUT2D eigenvalue weighted by Crippen LogP contribution is -2.24. The maximum absolute atomic E-state index is 12.2. The summed E-state index contributed by atoms with van der Waals surface area (Å²) in [4.78, 5) is 14.4. The zero-order chi connectivity index (χ0) is 17.3. The van der Waals surface area contributed by atoms with Crippen LogP contribution in [-0.4, -0.2) is 48.3 Å². The van der Waals surface area contributed by atoms with E-state index in [0.717, 1.165) is 29.8 Å². The van der Waals surface area contributed by atoms with Gasteiger partial charge < -0.3 is 19.8 Å². The highest BCUT2D eigenvalue weighted by Crippen LogP contribution is 2.41. The standard InChI is InChI=1S/C19H21NO4.ClH/c1-20-9-8-13-14(15(11-20)12-6-4-3-5-7-12)10-16(21)18(22)17(13)19(23)24-2;/h3-7,10,15,21-22H,8-9,11H2,1-2H3;1H. The Labute approximate surface area is 153 Å². The van der Waals surface area contributed by atoms with Crippen LogP contribution in [0.4, 0.5) is 0 Å². The Kier molecular flexibility index (Phi) is 5.93. The van der Waals surface area contributed by atoms with Crippen molar-refractivity contribution in [3.8, 4) is 11.5 Å². The van der Waals surface area contributed by atoms with E-state index in [1.54, 1.807) is 6.07 Å². The molecule has 134 valence electrons. The van der Waals surface area contributed by atoms with Crippen molar-refractivity contribution in [3.63, 3.8) is 0 Å². The van der Waals surface area contributed by atoms with Crippen LogP contribution >= 0.6 is 12.4 Å². The number of methoxy groups -OCH3 is 1. The number of carbonyl (C=O) groups excluding carboxylic acids is 1. The number of hydrogen-bond donors (Lipinski definition) is 2. The Balaban J connectivity index is 0.00000225. The number of hydrogen-bond acceptors (Lipinski definition) is 5. The monoisotopic (exact) mass is 363 g/mol. The number of likely N-dealkylation sites (N-methyl/N-ethyl adjacent to an activating group) is 1. The average Bonchev–Trinajstić information content (AvgIpc) is 2.75. The Morgan fingerprint density at radius 2 is 1.92 bits per heavy atom. The Morgan fingerprint density at radius 1 is 1.24 bits per heavy atom. The summed E-state index contributed by atoms with van der Waals surface area (Å²) >= 11 is 0. The summed E-state index contributed by atoms with van der Waals surface area (Å²) < 4.78 is 4.82. The van der Waals surface area contributed by atoms with E-state index in [9.17, 15) is 15.0 Å². The first-order valence-corrected chi connectivity index (χ1v) is 7.92. The molecule has 2 N–H and O–H groups in total. The molecule has 1 aliphatic heterocycles. The van der Waals surface area contributed by atoms with Crippen LogP contribution in [-0.2, 0) is 11.2 Å². The maximum atomic E-state index is 12.2. The first-order valence-electron chi connectivity index (χ1n) is 7.92. The molecule has 1 unspecified atom stereocenters. The molecule has 1 aliphatic rings. The number of carbonyl (C=O) groups is 1. The summed E-state index contributed by atoms with van der Waals surface area (Å²) in [6.07, 6.45) is 0.605. The maximum Gasteiger partial charge on any atom is 0.342 e. The lowest BCUT2D eigenvalue weighted by molar-refractivity contribution is 0.0595. The molecule has 0 fully saturated rings. The number of esters is 1. The van der Waals surface area contributed by atoms with Gasteiger partial charge in [0, 0.05) is 19.0 Å². The molecule has 2 aromatic carbocycles. The predicted octanol–water partition coefficient (Wildman–Crippen LogP) is 2.93. The molecule has 0 aliphatic carbocycles. The molecule has 0 amide bonds. The first kappa shape index (κ1) is 19.1. The van der Waals surface area contributed by atoms with E-state index < -0.39 is 11.7 Å². The molecule has 0 bridgehead atoms. The van der Waals surface area contributed by atoms with E-state index in [0.29, 0.717) is 6.42 Å². The third-order valence-corrected chi connectivity index (χ3v) is 4.63. The number of ether oxygens (including phenoxy) is 1. The van der Waals surface area contributed by atoms with E-state index >= 15 is 0 Å². The zero-order valence-corrected chi connectivity index (χ0v) is 15.0. The molecule has 3 rings (SSSR count). The van der Waals surface area contributed by atoms with Gasteiger partial charge in [-0.2, -0.15) is 0 Å². The second-order valence-corrected chi connectivity index (χ2v) is 6.15. The van der Waals surface area contributed by atoms with Crippen molar-refractivity contribution in [2.75, 3.05) is 27.2 Å². The van der Waals surface area contributed by atoms with E-state index in [-0.39, 0.29) is 29.6 Å². The van der Waals surface area contributed by atoms with Gasteiger partial charge in [-0.1, -0.05) is 30.3 Å². The zero-order valence-electron chi connectivity index (χ0n) is 14.2. The fraction of sp³-hybridized carbons (Fsp3) is 0.316. The van der Waals surface area contributed by atoms with Gasteiger partial charge in [-0.15, -0.1) is 12.4 Å². The van der Waals surface area contributed by atoms with Crippen LogP contribution in [0.15, 0.2) is 36.4 Å². The van der Waals surface area contributed by atoms with Crippen LogP contribution in [0.2, 0.25) is 0 Å². The Bertz CT molecular complexity index is 764. The normalized spacial score (nSPS) is 17.1. The van der Waals surface area contributed by atoms with Crippen molar-refractivity contribution < 1.29 is 19.7 Å². The number of halogens is 1. The van der Waals surface area contributed by atoms with E-state index in [1.165, 1.54) is 7.11 Å². The van der Waals surface area contributed by atoms with Crippen LogP contribution in [0, 0.1) is 0 Å². The molecule has 1 heterocycles. The largest absolute Gasteiger partial charge is 0.504 e. The number of fused-ring (bicyclic) bond motifs is 1. The lowest BCUT2D eigenvalue weighted by Gasteiger charge is -2.23. The molecule has 1 atom stereocenters. The number of aromatic hydroxyl groups is 2. The summed E-state index contributed by atoms with van der Waals surface area (Å²) in [6, 6.07) is 11.6. The van der Waals surface area contributed by atoms with Gasteiger partial charge in [0.1, 0.15) is 5.56 Å². The highest BCUT2D eigenvalue weighted by atomic mass is 35.5. The minimum absolute atomic E-state index is 0. The quantitative estimate of drug-likeness (QED) is 0.634. The van der Waals surface area contributed by atoms with E-state index in [4.69, 9.17) is 4.74 Å². The van der Waals surface area contributed by atoms with Gasteiger partial charge in [-0.25, -0.2) is 4.79 Å². The molecular formula is C19H22ClNO4. The molecule has 2 aromatic rings. The van der Waals surface area contributed by atoms with Gasteiger partial charge in [-0.05, 0) is 36.2 Å². The van der Waals surface area contributed by atoms with Crippen molar-refractivity contribution >= 4 is 18.4 Å². The molecule has 0 spiro atoms. The second-order valence-electron chi connectivity index (χ2n) is 6.15. The van der Waals surface area contributed by atoms with E-state index in [2.05, 4.69) is 4.90 Å². The van der Waals surface area contributed by atoms with Crippen molar-refractivity contribution in [3.05, 3.63) is 58.7 Å². The number of benzene rings is 2. The minimum atomic E-state index is -0.629. The molecule has 0 radical (unpaired) electrons. The molecule has 6 heteroatoms. The molecular weight excluding hydrogens is 342 g/mol. The fourth-order valence-corrected chi connectivity index (χ4v) is 3.39. The second kappa shape index (κ2) is 7.76. The third-order valence-electron chi connectivity index (χ3n) is 4.63. The van der Waals surface area contributed by atoms with Crippen LogP contribution < -0.4 is 0 Å². The molecule has 0 saturated heterocycles.